The molecule has 0 bridgehead atoms. The number of methoxy groups -OCH3 is 1. The second kappa shape index (κ2) is 3.05. The average Bonchev–Trinajstić information content (AvgIpc) is 2.58. The first-order valence-corrected chi connectivity index (χ1v) is 4.85. The summed E-state index contributed by atoms with van der Waals surface area (Å²) in [5, 5.41) is -0.515. The maximum Gasteiger partial charge on any atom is 0.434 e. The van der Waals surface area contributed by atoms with Crippen LogP contribution in [0.2, 0.25) is 0 Å². The minimum Gasteiger partial charge on any atom is -0.349 e. The SMILES string of the molecule is COC1(C)Nn2cc(C(F)(F)F)nc2S1. The van der Waals surface area contributed by atoms with Crippen molar-refractivity contribution in [1.82, 2.24) is 9.66 Å². The summed E-state index contributed by atoms with van der Waals surface area (Å²) in [7, 11) is 1.47. The van der Waals surface area contributed by atoms with Crippen LogP contribution in [0.5, 0.6) is 0 Å². The zero-order valence-corrected chi connectivity index (χ0v) is 8.74. The van der Waals surface area contributed by atoms with Gasteiger partial charge in [0.2, 0.25) is 5.06 Å². The lowest BCUT2D eigenvalue weighted by atomic mass is 10.5. The monoisotopic (exact) mass is 239 g/mol. The summed E-state index contributed by atoms with van der Waals surface area (Å²) in [6.07, 6.45) is -3.50. The Balaban J connectivity index is 2.27. The Bertz CT molecular complexity index is 366. The lowest BCUT2D eigenvalue weighted by Crippen LogP contribution is -2.33. The molecule has 0 aromatic carbocycles. The van der Waals surface area contributed by atoms with Crippen molar-refractivity contribution in [1.29, 1.82) is 0 Å². The van der Waals surface area contributed by atoms with Crippen molar-refractivity contribution >= 4 is 11.8 Å². The standard InChI is InChI=1S/C7H8F3N3OS/c1-6(14-2)12-13-3-4(7(8,9)10)11-5(13)15-6/h3,12H,1-2H3. The minimum absolute atomic E-state index is 0.242. The van der Waals surface area contributed by atoms with E-state index in [-0.39, 0.29) is 5.16 Å². The molecule has 4 nitrogen and oxygen atoms in total. The van der Waals surface area contributed by atoms with Crippen LogP contribution in [0.25, 0.3) is 0 Å². The second-order valence-electron chi connectivity index (χ2n) is 3.14. The normalized spacial score (nSPS) is 25.1. The highest BCUT2D eigenvalue weighted by molar-refractivity contribution is 8.00. The van der Waals surface area contributed by atoms with Crippen molar-refractivity contribution in [3.05, 3.63) is 11.9 Å². The third kappa shape index (κ3) is 1.78. The number of nitrogens with one attached hydrogen (secondary N) is 1. The number of imidazole rings is 1. The number of fused-ring (bicyclic) bond motifs is 1. The van der Waals surface area contributed by atoms with Crippen molar-refractivity contribution < 1.29 is 17.9 Å². The van der Waals surface area contributed by atoms with Crippen LogP contribution in [0.4, 0.5) is 13.2 Å². The van der Waals surface area contributed by atoms with Gasteiger partial charge in [0.25, 0.3) is 0 Å². The van der Waals surface area contributed by atoms with E-state index in [1.165, 1.54) is 11.8 Å². The van der Waals surface area contributed by atoms with Crippen molar-refractivity contribution in [3.63, 3.8) is 0 Å². The van der Waals surface area contributed by atoms with E-state index >= 15 is 0 Å². The second-order valence-corrected chi connectivity index (χ2v) is 4.49. The molecule has 84 valence electrons. The molecule has 2 heterocycles. The summed E-state index contributed by atoms with van der Waals surface area (Å²) in [5.74, 6) is 0. The van der Waals surface area contributed by atoms with Gasteiger partial charge in [-0.1, -0.05) is 0 Å². The van der Waals surface area contributed by atoms with Gasteiger partial charge in [-0.15, -0.1) is 0 Å². The zero-order chi connectivity index (χ0) is 11.3. The molecule has 0 saturated heterocycles. The molecule has 1 aliphatic heterocycles. The first-order chi connectivity index (χ1) is 6.84. The molecule has 0 radical (unpaired) electrons. The number of halogens is 3. The van der Waals surface area contributed by atoms with Gasteiger partial charge in [-0.05, 0) is 18.7 Å². The van der Waals surface area contributed by atoms with Crippen LogP contribution in [0.15, 0.2) is 11.4 Å². The molecule has 1 aromatic heterocycles. The van der Waals surface area contributed by atoms with E-state index < -0.39 is 16.9 Å². The molecule has 0 fully saturated rings. The maximum absolute atomic E-state index is 12.3. The lowest BCUT2D eigenvalue weighted by molar-refractivity contribution is -0.141. The topological polar surface area (TPSA) is 39.1 Å². The van der Waals surface area contributed by atoms with Gasteiger partial charge in [0.05, 0.1) is 6.20 Å². The summed E-state index contributed by atoms with van der Waals surface area (Å²) in [6.45, 7) is 1.71. The zero-order valence-electron chi connectivity index (χ0n) is 7.92. The fourth-order valence-electron chi connectivity index (χ4n) is 1.16. The van der Waals surface area contributed by atoms with Crippen molar-refractivity contribution in [2.45, 2.75) is 23.3 Å². The maximum atomic E-state index is 12.3. The van der Waals surface area contributed by atoms with Gasteiger partial charge in [0.1, 0.15) is 0 Å². The van der Waals surface area contributed by atoms with E-state index in [1.807, 2.05) is 0 Å². The van der Waals surface area contributed by atoms with Gasteiger partial charge >= 0.3 is 6.18 Å². The molecule has 2 rings (SSSR count). The van der Waals surface area contributed by atoms with Crippen molar-refractivity contribution in [2.24, 2.45) is 0 Å². The number of hydrogen-bond donors (Lipinski definition) is 1. The molecule has 0 saturated carbocycles. The Morgan fingerprint density at radius 2 is 2.27 bits per heavy atom. The molecule has 0 amide bonds. The Labute approximate surface area is 87.8 Å². The van der Waals surface area contributed by atoms with Crippen LogP contribution in [-0.4, -0.2) is 21.8 Å². The molecule has 0 aliphatic carbocycles. The van der Waals surface area contributed by atoms with Crippen LogP contribution in [0.1, 0.15) is 12.6 Å². The largest absolute Gasteiger partial charge is 0.434 e. The summed E-state index contributed by atoms with van der Waals surface area (Å²) >= 11 is 1.09. The molecule has 15 heavy (non-hydrogen) atoms. The summed E-state index contributed by atoms with van der Waals surface area (Å²) in [4.78, 5) is 3.46. The molecular weight excluding hydrogens is 231 g/mol. The van der Waals surface area contributed by atoms with Crippen molar-refractivity contribution in [3.8, 4) is 0 Å². The third-order valence-electron chi connectivity index (χ3n) is 1.96. The Morgan fingerprint density at radius 3 is 2.73 bits per heavy atom. The van der Waals surface area contributed by atoms with Gasteiger partial charge in [0.15, 0.2) is 10.9 Å². The van der Waals surface area contributed by atoms with Gasteiger partial charge in [0, 0.05) is 7.11 Å². The molecule has 1 aliphatic rings. The van der Waals surface area contributed by atoms with Gasteiger partial charge < -0.3 is 4.74 Å². The summed E-state index contributed by atoms with van der Waals surface area (Å²) < 4.78 is 43.1. The van der Waals surface area contributed by atoms with E-state index in [9.17, 15) is 13.2 Å². The van der Waals surface area contributed by atoms with E-state index in [4.69, 9.17) is 4.74 Å². The Kier molecular flexibility index (Phi) is 2.16. The molecule has 1 N–H and O–H groups in total. The number of alkyl halides is 3. The van der Waals surface area contributed by atoms with Crippen LogP contribution < -0.4 is 5.43 Å². The first kappa shape index (κ1) is 10.6. The predicted octanol–water partition coefficient (Wildman–Crippen LogP) is 1.87. The lowest BCUT2D eigenvalue weighted by Gasteiger charge is -2.20. The molecule has 1 atom stereocenters. The third-order valence-corrected chi connectivity index (χ3v) is 3.08. The average molecular weight is 239 g/mol. The van der Waals surface area contributed by atoms with Crippen molar-refractivity contribution in [2.75, 3.05) is 12.5 Å². The minimum atomic E-state index is -4.41. The van der Waals surface area contributed by atoms with Gasteiger partial charge in [-0.2, -0.15) is 13.2 Å². The van der Waals surface area contributed by atoms with E-state index in [1.54, 1.807) is 6.92 Å². The fourth-order valence-corrected chi connectivity index (χ4v) is 2.07. The summed E-state index contributed by atoms with van der Waals surface area (Å²) in [6, 6.07) is 0. The Hall–Kier alpha value is -0.890. The van der Waals surface area contributed by atoms with Gasteiger partial charge in [-0.3, -0.25) is 5.43 Å². The smallest absolute Gasteiger partial charge is 0.349 e. The first-order valence-electron chi connectivity index (χ1n) is 4.03. The molecular formula is C7H8F3N3OS. The molecule has 1 aromatic rings. The number of thioether (sulfide) groups is 1. The number of aromatic nitrogens is 2. The van der Waals surface area contributed by atoms with E-state index in [0.717, 1.165) is 18.0 Å². The molecule has 8 heteroatoms. The highest BCUT2D eigenvalue weighted by Crippen LogP contribution is 2.39. The highest BCUT2D eigenvalue weighted by Gasteiger charge is 2.40. The highest BCUT2D eigenvalue weighted by atomic mass is 32.2. The van der Waals surface area contributed by atoms with Crippen LogP contribution in [0.3, 0.4) is 0 Å². The molecule has 0 spiro atoms. The number of rotatable bonds is 1. The fraction of sp³-hybridized carbons (Fsp3) is 0.571. The predicted molar refractivity (Wildman–Crippen MR) is 47.9 cm³/mol. The quantitative estimate of drug-likeness (QED) is 0.812. The van der Waals surface area contributed by atoms with E-state index in [2.05, 4.69) is 10.4 Å². The Morgan fingerprint density at radius 1 is 1.60 bits per heavy atom. The molecule has 1 unspecified atom stereocenters. The van der Waals surface area contributed by atoms with Gasteiger partial charge in [-0.25, -0.2) is 9.66 Å². The van der Waals surface area contributed by atoms with E-state index in [0.29, 0.717) is 0 Å². The number of ether oxygens (including phenoxy) is 1. The number of hydrogen-bond acceptors (Lipinski definition) is 4. The summed E-state index contributed by atoms with van der Waals surface area (Å²) in [5.41, 5.74) is 1.84. The van der Waals surface area contributed by atoms with Crippen LogP contribution in [0, 0.1) is 0 Å². The number of nitrogens with zero attached hydrogens (tertiary/aromatic N) is 2. The van der Waals surface area contributed by atoms with Crippen LogP contribution >= 0.6 is 11.8 Å². The van der Waals surface area contributed by atoms with Crippen LogP contribution in [-0.2, 0) is 10.9 Å².